The normalized spacial score (nSPS) is 21.2. The fourth-order valence-corrected chi connectivity index (χ4v) is 2.36. The van der Waals surface area contributed by atoms with Crippen LogP contribution in [0.4, 0.5) is 0 Å². The highest BCUT2D eigenvalue weighted by atomic mass is 35.5. The van der Waals surface area contributed by atoms with E-state index < -0.39 is 0 Å². The summed E-state index contributed by atoms with van der Waals surface area (Å²) in [6.45, 7) is 7.15. The molecule has 1 rings (SSSR count). The monoisotopic (exact) mass is 278 g/mol. The Labute approximate surface area is 117 Å². The van der Waals surface area contributed by atoms with Crippen LogP contribution in [0.15, 0.2) is 0 Å². The summed E-state index contributed by atoms with van der Waals surface area (Å²) in [5.74, 6) is 0.142. The number of rotatable bonds is 6. The Bertz CT molecular complexity index is 253. The second-order valence-electron chi connectivity index (χ2n) is 5.63. The molecule has 2 atom stereocenters. The lowest BCUT2D eigenvalue weighted by molar-refractivity contribution is -0.122. The third-order valence-electron chi connectivity index (χ3n) is 3.35. The Hall–Kier alpha value is -0.320. The van der Waals surface area contributed by atoms with E-state index >= 15 is 0 Å². The molecule has 0 spiro atoms. The maximum Gasteiger partial charge on any atom is 0.221 e. The SMILES string of the molecule is COC(C)(C)CC(C)NC(=O)CC1CCCN1.Cl. The van der Waals surface area contributed by atoms with Gasteiger partial charge in [0.25, 0.3) is 0 Å². The van der Waals surface area contributed by atoms with Crippen molar-refractivity contribution in [3.63, 3.8) is 0 Å². The first-order valence-electron chi connectivity index (χ1n) is 6.51. The highest BCUT2D eigenvalue weighted by Crippen LogP contribution is 2.15. The van der Waals surface area contributed by atoms with E-state index in [2.05, 4.69) is 10.6 Å². The largest absolute Gasteiger partial charge is 0.379 e. The van der Waals surface area contributed by atoms with Crippen molar-refractivity contribution in [2.45, 2.75) is 64.1 Å². The van der Waals surface area contributed by atoms with E-state index in [0.29, 0.717) is 12.5 Å². The number of nitrogens with one attached hydrogen (secondary N) is 2. The van der Waals surface area contributed by atoms with Gasteiger partial charge in [-0.05, 0) is 46.6 Å². The van der Waals surface area contributed by atoms with Crippen LogP contribution in [0.25, 0.3) is 0 Å². The molecule has 0 radical (unpaired) electrons. The number of carbonyl (C=O) groups excluding carboxylic acids is 1. The number of ether oxygens (including phenoxy) is 1. The minimum atomic E-state index is -0.182. The van der Waals surface area contributed by atoms with Crippen LogP contribution in [0.1, 0.15) is 46.5 Å². The minimum absolute atomic E-state index is 0. The molecule has 1 heterocycles. The summed E-state index contributed by atoms with van der Waals surface area (Å²) in [6, 6.07) is 0.525. The molecule has 1 fully saturated rings. The first-order chi connectivity index (χ1) is 7.93. The maximum atomic E-state index is 11.8. The fraction of sp³-hybridized carbons (Fsp3) is 0.923. The molecule has 1 aliphatic heterocycles. The van der Waals surface area contributed by atoms with Crippen molar-refractivity contribution >= 4 is 18.3 Å². The number of amides is 1. The number of halogens is 1. The van der Waals surface area contributed by atoms with Gasteiger partial charge in [-0.25, -0.2) is 0 Å². The first-order valence-corrected chi connectivity index (χ1v) is 6.51. The predicted octanol–water partition coefficient (Wildman–Crippen LogP) is 1.87. The maximum absolute atomic E-state index is 11.8. The van der Waals surface area contributed by atoms with Crippen LogP contribution in [-0.4, -0.2) is 37.2 Å². The van der Waals surface area contributed by atoms with Crippen molar-refractivity contribution < 1.29 is 9.53 Å². The molecule has 0 bridgehead atoms. The van der Waals surface area contributed by atoms with E-state index in [9.17, 15) is 4.79 Å². The topological polar surface area (TPSA) is 50.4 Å². The summed E-state index contributed by atoms with van der Waals surface area (Å²) in [5.41, 5.74) is -0.182. The average Bonchev–Trinajstić information content (AvgIpc) is 2.69. The Morgan fingerprint density at radius 3 is 2.72 bits per heavy atom. The minimum Gasteiger partial charge on any atom is -0.379 e. The summed E-state index contributed by atoms with van der Waals surface area (Å²) in [4.78, 5) is 11.8. The number of methoxy groups -OCH3 is 1. The van der Waals surface area contributed by atoms with Crippen LogP contribution in [0.2, 0.25) is 0 Å². The van der Waals surface area contributed by atoms with Crippen LogP contribution < -0.4 is 10.6 Å². The standard InChI is InChI=1S/C13H26N2O2.ClH/c1-10(9-13(2,3)17-4)15-12(16)8-11-6-5-7-14-11;/h10-11,14H,5-9H2,1-4H3,(H,15,16);1H. The van der Waals surface area contributed by atoms with Gasteiger partial charge in [-0.15, -0.1) is 12.4 Å². The Morgan fingerprint density at radius 1 is 1.56 bits per heavy atom. The molecule has 0 aromatic rings. The lowest BCUT2D eigenvalue weighted by Gasteiger charge is -2.27. The van der Waals surface area contributed by atoms with Crippen LogP contribution >= 0.6 is 12.4 Å². The van der Waals surface area contributed by atoms with E-state index in [1.54, 1.807) is 7.11 Å². The average molecular weight is 279 g/mol. The zero-order chi connectivity index (χ0) is 12.9. The van der Waals surface area contributed by atoms with Crippen molar-refractivity contribution in [3.05, 3.63) is 0 Å². The molecule has 2 unspecified atom stereocenters. The van der Waals surface area contributed by atoms with Crippen LogP contribution in [-0.2, 0) is 9.53 Å². The van der Waals surface area contributed by atoms with E-state index in [1.165, 1.54) is 6.42 Å². The summed E-state index contributed by atoms with van der Waals surface area (Å²) in [7, 11) is 1.71. The summed E-state index contributed by atoms with van der Waals surface area (Å²) < 4.78 is 5.36. The van der Waals surface area contributed by atoms with Gasteiger partial charge in [0.15, 0.2) is 0 Å². The highest BCUT2D eigenvalue weighted by Gasteiger charge is 2.23. The molecule has 18 heavy (non-hydrogen) atoms. The van der Waals surface area contributed by atoms with Crippen LogP contribution in [0, 0.1) is 0 Å². The molecule has 1 saturated heterocycles. The second kappa shape index (κ2) is 7.97. The van der Waals surface area contributed by atoms with Crippen LogP contribution in [0.5, 0.6) is 0 Å². The summed E-state index contributed by atoms with van der Waals surface area (Å²) in [5, 5.41) is 6.37. The molecular formula is C13H27ClN2O2. The molecule has 0 aromatic carbocycles. The van der Waals surface area contributed by atoms with Crippen molar-refractivity contribution in [2.24, 2.45) is 0 Å². The van der Waals surface area contributed by atoms with Gasteiger partial charge in [0.05, 0.1) is 5.60 Å². The summed E-state index contributed by atoms with van der Waals surface area (Å²) in [6.07, 6.45) is 3.72. The number of hydrogen-bond acceptors (Lipinski definition) is 3. The van der Waals surface area contributed by atoms with Crippen molar-refractivity contribution in [1.29, 1.82) is 0 Å². The molecule has 1 aliphatic rings. The van der Waals surface area contributed by atoms with E-state index in [-0.39, 0.29) is 30.0 Å². The first kappa shape index (κ1) is 17.7. The van der Waals surface area contributed by atoms with Crippen molar-refractivity contribution in [2.75, 3.05) is 13.7 Å². The van der Waals surface area contributed by atoms with Crippen molar-refractivity contribution in [1.82, 2.24) is 10.6 Å². The van der Waals surface area contributed by atoms with E-state index in [4.69, 9.17) is 4.74 Å². The lowest BCUT2D eigenvalue weighted by Crippen LogP contribution is -2.40. The number of carbonyl (C=O) groups is 1. The highest BCUT2D eigenvalue weighted by molar-refractivity contribution is 5.85. The Morgan fingerprint density at radius 2 is 2.22 bits per heavy atom. The van der Waals surface area contributed by atoms with Gasteiger partial charge in [-0.3, -0.25) is 4.79 Å². The van der Waals surface area contributed by atoms with Crippen LogP contribution in [0.3, 0.4) is 0 Å². The third-order valence-corrected chi connectivity index (χ3v) is 3.35. The molecule has 2 N–H and O–H groups in total. The third kappa shape index (κ3) is 6.57. The molecule has 5 heteroatoms. The van der Waals surface area contributed by atoms with Gasteiger partial charge in [-0.1, -0.05) is 0 Å². The molecule has 0 saturated carbocycles. The zero-order valence-corrected chi connectivity index (χ0v) is 12.7. The summed E-state index contributed by atoms with van der Waals surface area (Å²) >= 11 is 0. The predicted molar refractivity (Wildman–Crippen MR) is 76.2 cm³/mol. The molecule has 108 valence electrons. The van der Waals surface area contributed by atoms with Gasteiger partial charge < -0.3 is 15.4 Å². The number of hydrogen-bond donors (Lipinski definition) is 2. The van der Waals surface area contributed by atoms with Crippen molar-refractivity contribution in [3.8, 4) is 0 Å². The van der Waals surface area contributed by atoms with Gasteiger partial charge in [0.1, 0.15) is 0 Å². The van der Waals surface area contributed by atoms with E-state index in [1.807, 2.05) is 20.8 Å². The fourth-order valence-electron chi connectivity index (χ4n) is 2.36. The van der Waals surface area contributed by atoms with Gasteiger partial charge in [0.2, 0.25) is 5.91 Å². The Balaban J connectivity index is 0.00000289. The van der Waals surface area contributed by atoms with Gasteiger partial charge in [0, 0.05) is 25.6 Å². The molecule has 0 aromatic heterocycles. The van der Waals surface area contributed by atoms with E-state index in [0.717, 1.165) is 19.4 Å². The Kier molecular flexibility index (Phi) is 7.83. The zero-order valence-electron chi connectivity index (χ0n) is 11.9. The van der Waals surface area contributed by atoms with Gasteiger partial charge >= 0.3 is 0 Å². The molecular weight excluding hydrogens is 252 g/mol. The quantitative estimate of drug-likeness (QED) is 0.780. The second-order valence-corrected chi connectivity index (χ2v) is 5.63. The molecule has 1 amide bonds. The smallest absolute Gasteiger partial charge is 0.221 e. The van der Waals surface area contributed by atoms with Gasteiger partial charge in [-0.2, -0.15) is 0 Å². The lowest BCUT2D eigenvalue weighted by atomic mass is 9.99. The molecule has 0 aliphatic carbocycles. The molecule has 4 nitrogen and oxygen atoms in total.